The van der Waals surface area contributed by atoms with Gasteiger partial charge in [0, 0.05) is 5.69 Å². The standard InChI is InChI=1S/C14H19NO3/c1-2-3-4-5-11-6-8-12(9-7-11)15-13(16)10-14(17)18/h6-9H,2-5,10H2,1H3,(H,15,16)(H,17,18). The molecule has 0 heterocycles. The first-order valence-electron chi connectivity index (χ1n) is 6.22. The van der Waals surface area contributed by atoms with Gasteiger partial charge in [-0.1, -0.05) is 31.9 Å². The highest BCUT2D eigenvalue weighted by Crippen LogP contribution is 2.12. The fourth-order valence-electron chi connectivity index (χ4n) is 1.68. The minimum Gasteiger partial charge on any atom is -0.481 e. The van der Waals surface area contributed by atoms with Crippen molar-refractivity contribution in [1.29, 1.82) is 0 Å². The number of unbranched alkanes of at least 4 members (excludes halogenated alkanes) is 2. The van der Waals surface area contributed by atoms with E-state index in [1.807, 2.05) is 12.1 Å². The zero-order chi connectivity index (χ0) is 13.4. The Hall–Kier alpha value is -1.84. The Kier molecular flexibility index (Phi) is 5.91. The van der Waals surface area contributed by atoms with Crippen molar-refractivity contribution in [3.63, 3.8) is 0 Å². The van der Waals surface area contributed by atoms with Crippen LogP contribution in [-0.2, 0) is 16.0 Å². The molecule has 98 valence electrons. The topological polar surface area (TPSA) is 66.4 Å². The lowest BCUT2D eigenvalue weighted by atomic mass is 10.1. The molecule has 2 N–H and O–H groups in total. The van der Waals surface area contributed by atoms with Gasteiger partial charge in [0.25, 0.3) is 0 Å². The van der Waals surface area contributed by atoms with Crippen molar-refractivity contribution in [2.24, 2.45) is 0 Å². The zero-order valence-electron chi connectivity index (χ0n) is 10.6. The molecule has 1 aromatic rings. The summed E-state index contributed by atoms with van der Waals surface area (Å²) in [5.41, 5.74) is 1.88. The summed E-state index contributed by atoms with van der Waals surface area (Å²) in [5.74, 6) is -1.62. The first-order chi connectivity index (χ1) is 8.61. The van der Waals surface area contributed by atoms with E-state index in [9.17, 15) is 9.59 Å². The number of benzene rings is 1. The van der Waals surface area contributed by atoms with Crippen molar-refractivity contribution < 1.29 is 14.7 Å². The van der Waals surface area contributed by atoms with Crippen LogP contribution in [0.25, 0.3) is 0 Å². The summed E-state index contributed by atoms with van der Waals surface area (Å²) >= 11 is 0. The summed E-state index contributed by atoms with van der Waals surface area (Å²) < 4.78 is 0. The van der Waals surface area contributed by atoms with Crippen LogP contribution in [0.2, 0.25) is 0 Å². The van der Waals surface area contributed by atoms with E-state index in [0.29, 0.717) is 5.69 Å². The number of aryl methyl sites for hydroxylation is 1. The van der Waals surface area contributed by atoms with Crippen molar-refractivity contribution in [1.82, 2.24) is 0 Å². The number of carbonyl (C=O) groups is 2. The van der Waals surface area contributed by atoms with E-state index in [0.717, 1.165) is 6.42 Å². The lowest BCUT2D eigenvalue weighted by Crippen LogP contribution is -2.15. The second kappa shape index (κ2) is 7.48. The summed E-state index contributed by atoms with van der Waals surface area (Å²) in [4.78, 5) is 21.6. The molecule has 0 atom stereocenters. The molecule has 1 amide bonds. The van der Waals surface area contributed by atoms with Crippen molar-refractivity contribution in [2.45, 2.75) is 39.0 Å². The van der Waals surface area contributed by atoms with Crippen LogP contribution in [0, 0.1) is 0 Å². The van der Waals surface area contributed by atoms with Gasteiger partial charge in [0.2, 0.25) is 5.91 Å². The Bertz CT molecular complexity index is 398. The van der Waals surface area contributed by atoms with Crippen molar-refractivity contribution in [3.8, 4) is 0 Å². The van der Waals surface area contributed by atoms with Crippen LogP contribution >= 0.6 is 0 Å². The third-order valence-corrected chi connectivity index (χ3v) is 2.62. The molecule has 0 unspecified atom stereocenters. The smallest absolute Gasteiger partial charge is 0.312 e. The number of carboxylic acids is 1. The van der Waals surface area contributed by atoms with Crippen LogP contribution in [0.3, 0.4) is 0 Å². The Balaban J connectivity index is 2.44. The van der Waals surface area contributed by atoms with Crippen LogP contribution in [-0.4, -0.2) is 17.0 Å². The molecule has 1 aromatic carbocycles. The maximum absolute atomic E-state index is 11.2. The summed E-state index contributed by atoms with van der Waals surface area (Å²) in [6.07, 6.45) is 4.12. The number of amides is 1. The molecular weight excluding hydrogens is 230 g/mol. The normalized spacial score (nSPS) is 10.1. The van der Waals surface area contributed by atoms with Gasteiger partial charge in [-0.2, -0.15) is 0 Å². The van der Waals surface area contributed by atoms with E-state index >= 15 is 0 Å². The molecule has 0 saturated heterocycles. The van der Waals surface area contributed by atoms with Gasteiger partial charge in [0.05, 0.1) is 0 Å². The highest BCUT2D eigenvalue weighted by atomic mass is 16.4. The molecule has 0 aliphatic heterocycles. The Morgan fingerprint density at radius 1 is 1.17 bits per heavy atom. The van der Waals surface area contributed by atoms with E-state index in [2.05, 4.69) is 12.2 Å². The van der Waals surface area contributed by atoms with E-state index in [1.54, 1.807) is 12.1 Å². The number of carbonyl (C=O) groups excluding carboxylic acids is 1. The number of hydrogen-bond donors (Lipinski definition) is 2. The molecule has 0 aliphatic carbocycles. The van der Waals surface area contributed by atoms with Crippen LogP contribution in [0.1, 0.15) is 38.2 Å². The highest BCUT2D eigenvalue weighted by molar-refractivity contribution is 6.01. The molecule has 1 rings (SSSR count). The molecule has 4 heteroatoms. The Morgan fingerprint density at radius 3 is 2.39 bits per heavy atom. The molecule has 0 aliphatic rings. The van der Waals surface area contributed by atoms with Gasteiger partial charge in [0.1, 0.15) is 6.42 Å². The molecule has 0 radical (unpaired) electrons. The van der Waals surface area contributed by atoms with Gasteiger partial charge >= 0.3 is 5.97 Å². The molecule has 0 saturated carbocycles. The second-order valence-electron chi connectivity index (χ2n) is 4.27. The molecule has 0 spiro atoms. The quantitative estimate of drug-likeness (QED) is 0.577. The number of carboxylic acid groups (broad SMARTS) is 1. The van der Waals surface area contributed by atoms with Gasteiger partial charge in [0.15, 0.2) is 0 Å². The van der Waals surface area contributed by atoms with Gasteiger partial charge in [-0.15, -0.1) is 0 Å². The lowest BCUT2D eigenvalue weighted by Gasteiger charge is -2.05. The van der Waals surface area contributed by atoms with E-state index in [4.69, 9.17) is 5.11 Å². The summed E-state index contributed by atoms with van der Waals surface area (Å²) in [6, 6.07) is 7.54. The first kappa shape index (κ1) is 14.2. The van der Waals surface area contributed by atoms with Gasteiger partial charge in [-0.25, -0.2) is 0 Å². The van der Waals surface area contributed by atoms with Crippen LogP contribution in [0.4, 0.5) is 5.69 Å². The second-order valence-corrected chi connectivity index (χ2v) is 4.27. The predicted molar refractivity (Wildman–Crippen MR) is 70.6 cm³/mol. The summed E-state index contributed by atoms with van der Waals surface area (Å²) in [7, 11) is 0. The van der Waals surface area contributed by atoms with Crippen molar-refractivity contribution in [2.75, 3.05) is 5.32 Å². The fraction of sp³-hybridized carbons (Fsp3) is 0.429. The van der Waals surface area contributed by atoms with Crippen molar-refractivity contribution in [3.05, 3.63) is 29.8 Å². The van der Waals surface area contributed by atoms with E-state index < -0.39 is 18.3 Å². The van der Waals surface area contributed by atoms with Crippen LogP contribution in [0.5, 0.6) is 0 Å². The average molecular weight is 249 g/mol. The maximum atomic E-state index is 11.2. The molecule has 18 heavy (non-hydrogen) atoms. The lowest BCUT2D eigenvalue weighted by molar-refractivity contribution is -0.139. The predicted octanol–water partition coefficient (Wildman–Crippen LogP) is 2.83. The molecular formula is C14H19NO3. The van der Waals surface area contributed by atoms with Crippen LogP contribution < -0.4 is 5.32 Å². The Labute approximate surface area is 107 Å². The van der Waals surface area contributed by atoms with Gasteiger partial charge < -0.3 is 10.4 Å². The average Bonchev–Trinajstić information content (AvgIpc) is 2.30. The number of anilines is 1. The largest absolute Gasteiger partial charge is 0.481 e. The van der Waals surface area contributed by atoms with Gasteiger partial charge in [-0.3, -0.25) is 9.59 Å². The first-order valence-corrected chi connectivity index (χ1v) is 6.22. The molecule has 0 aromatic heterocycles. The Morgan fingerprint density at radius 2 is 1.83 bits per heavy atom. The van der Waals surface area contributed by atoms with Gasteiger partial charge in [-0.05, 0) is 30.5 Å². The minimum absolute atomic E-state index is 0.499. The molecule has 4 nitrogen and oxygen atoms in total. The number of nitrogens with one attached hydrogen (secondary N) is 1. The number of aliphatic carboxylic acids is 1. The monoisotopic (exact) mass is 249 g/mol. The molecule has 0 fully saturated rings. The zero-order valence-corrected chi connectivity index (χ0v) is 10.6. The summed E-state index contributed by atoms with van der Waals surface area (Å²) in [5, 5.41) is 11.0. The summed E-state index contributed by atoms with van der Waals surface area (Å²) in [6.45, 7) is 2.17. The van der Waals surface area contributed by atoms with E-state index in [-0.39, 0.29) is 0 Å². The fourth-order valence-corrected chi connectivity index (χ4v) is 1.68. The molecule has 0 bridgehead atoms. The van der Waals surface area contributed by atoms with Crippen LogP contribution in [0.15, 0.2) is 24.3 Å². The van der Waals surface area contributed by atoms with E-state index in [1.165, 1.54) is 24.8 Å². The SMILES string of the molecule is CCCCCc1ccc(NC(=O)CC(=O)O)cc1. The highest BCUT2D eigenvalue weighted by Gasteiger charge is 2.07. The third-order valence-electron chi connectivity index (χ3n) is 2.62. The maximum Gasteiger partial charge on any atom is 0.312 e. The minimum atomic E-state index is -1.12. The van der Waals surface area contributed by atoms with Crippen molar-refractivity contribution >= 4 is 17.6 Å². The number of hydrogen-bond acceptors (Lipinski definition) is 2. The number of rotatable bonds is 7. The third kappa shape index (κ3) is 5.48.